The van der Waals surface area contributed by atoms with E-state index in [9.17, 15) is 19.8 Å². The molecule has 2 aromatic rings. The summed E-state index contributed by atoms with van der Waals surface area (Å²) in [6, 6.07) is 11.3. The maximum Gasteiger partial charge on any atom is 0.275 e. The highest BCUT2D eigenvalue weighted by atomic mass is 19.1. The molecule has 2 aromatic carbocycles. The number of rotatable bonds is 5. The fourth-order valence-electron chi connectivity index (χ4n) is 3.53. The lowest BCUT2D eigenvalue weighted by Crippen LogP contribution is -2.40. The molecule has 1 N–H and O–H groups in total. The summed E-state index contributed by atoms with van der Waals surface area (Å²) in [6.45, 7) is 3.36. The van der Waals surface area contributed by atoms with Crippen molar-refractivity contribution in [3.63, 3.8) is 0 Å². The summed E-state index contributed by atoms with van der Waals surface area (Å²) in [6.07, 6.45) is 1.51. The van der Waals surface area contributed by atoms with E-state index in [1.807, 2.05) is 6.07 Å². The van der Waals surface area contributed by atoms with Gasteiger partial charge in [0.1, 0.15) is 5.82 Å². The van der Waals surface area contributed by atoms with Gasteiger partial charge < -0.3 is 10.1 Å². The first-order valence-electron chi connectivity index (χ1n) is 8.72. The van der Waals surface area contributed by atoms with E-state index in [-0.39, 0.29) is 22.5 Å². The van der Waals surface area contributed by atoms with Crippen molar-refractivity contribution in [3.8, 4) is 6.07 Å². The predicted molar refractivity (Wildman–Crippen MR) is 99.2 cm³/mol. The van der Waals surface area contributed by atoms with Crippen LogP contribution < -0.4 is 5.32 Å². The Morgan fingerprint density at radius 3 is 2.56 bits per heavy atom. The van der Waals surface area contributed by atoms with Gasteiger partial charge >= 0.3 is 0 Å². The van der Waals surface area contributed by atoms with Crippen molar-refractivity contribution in [2.24, 2.45) is 0 Å². The summed E-state index contributed by atoms with van der Waals surface area (Å²) in [5, 5.41) is 23.8. The zero-order chi connectivity index (χ0) is 19.4. The molecule has 0 aromatic heterocycles. The number of ether oxygens (including phenoxy) is 1. The van der Waals surface area contributed by atoms with E-state index in [1.54, 1.807) is 25.1 Å². The molecular formula is C20H20FN3O3. The van der Waals surface area contributed by atoms with Gasteiger partial charge in [0.25, 0.3) is 5.69 Å². The molecule has 1 aliphatic heterocycles. The molecule has 0 saturated carbocycles. The first-order chi connectivity index (χ1) is 12.9. The van der Waals surface area contributed by atoms with Gasteiger partial charge in [-0.05, 0) is 43.5 Å². The largest absolute Gasteiger partial charge is 0.384 e. The molecule has 1 heterocycles. The average molecular weight is 369 g/mol. The van der Waals surface area contributed by atoms with E-state index in [2.05, 4.69) is 5.32 Å². The molecule has 27 heavy (non-hydrogen) atoms. The molecule has 140 valence electrons. The number of hydrogen-bond donors (Lipinski definition) is 1. The Kier molecular flexibility index (Phi) is 5.38. The molecule has 0 bridgehead atoms. The molecular weight excluding hydrogens is 349 g/mol. The van der Waals surface area contributed by atoms with Crippen LogP contribution in [0.15, 0.2) is 36.4 Å². The van der Waals surface area contributed by atoms with E-state index in [0.29, 0.717) is 31.0 Å². The minimum atomic E-state index is -0.481. The van der Waals surface area contributed by atoms with E-state index >= 15 is 0 Å². The number of halogens is 1. The van der Waals surface area contributed by atoms with E-state index in [1.165, 1.54) is 18.2 Å². The van der Waals surface area contributed by atoms with Gasteiger partial charge in [-0.15, -0.1) is 0 Å². The van der Waals surface area contributed by atoms with Crippen molar-refractivity contribution < 1.29 is 14.1 Å². The number of benzene rings is 2. The lowest BCUT2D eigenvalue weighted by Gasteiger charge is -2.38. The monoisotopic (exact) mass is 369 g/mol. The van der Waals surface area contributed by atoms with Crippen LogP contribution in [0.2, 0.25) is 0 Å². The van der Waals surface area contributed by atoms with Crippen molar-refractivity contribution in [2.75, 3.05) is 25.1 Å². The molecule has 3 rings (SSSR count). The topological polar surface area (TPSA) is 88.2 Å². The fourth-order valence-corrected chi connectivity index (χ4v) is 3.53. The van der Waals surface area contributed by atoms with E-state index < -0.39 is 4.92 Å². The molecule has 0 unspecified atom stereocenters. The van der Waals surface area contributed by atoms with Gasteiger partial charge in [-0.1, -0.05) is 12.1 Å². The Labute approximate surface area is 156 Å². The molecule has 1 fully saturated rings. The van der Waals surface area contributed by atoms with Gasteiger partial charge in [0.15, 0.2) is 0 Å². The van der Waals surface area contributed by atoms with E-state index in [0.717, 1.165) is 18.4 Å². The molecule has 0 amide bonds. The molecule has 1 saturated heterocycles. The van der Waals surface area contributed by atoms with Gasteiger partial charge in [0, 0.05) is 42.5 Å². The van der Waals surface area contributed by atoms with E-state index in [4.69, 9.17) is 4.74 Å². The van der Waals surface area contributed by atoms with Crippen LogP contribution in [0.1, 0.15) is 29.5 Å². The number of hydrogen-bond acceptors (Lipinski definition) is 5. The van der Waals surface area contributed by atoms with Gasteiger partial charge in [-0.2, -0.15) is 5.26 Å². The van der Waals surface area contributed by atoms with Crippen LogP contribution in [0, 0.1) is 34.2 Å². The molecule has 0 spiro atoms. The minimum Gasteiger partial charge on any atom is -0.384 e. The zero-order valence-electron chi connectivity index (χ0n) is 15.0. The van der Waals surface area contributed by atoms with Gasteiger partial charge in [0.2, 0.25) is 0 Å². The third kappa shape index (κ3) is 3.91. The van der Waals surface area contributed by atoms with Crippen LogP contribution in [-0.4, -0.2) is 24.7 Å². The Hall–Kier alpha value is -2.98. The zero-order valence-corrected chi connectivity index (χ0v) is 15.0. The molecule has 1 aliphatic rings. The van der Waals surface area contributed by atoms with Crippen LogP contribution in [0.4, 0.5) is 15.8 Å². The molecule has 7 heteroatoms. The summed E-state index contributed by atoms with van der Waals surface area (Å²) < 4.78 is 18.8. The number of nitrogens with zero attached hydrogens (tertiary/aromatic N) is 2. The first kappa shape index (κ1) is 18.8. The van der Waals surface area contributed by atoms with Gasteiger partial charge in [-0.3, -0.25) is 10.1 Å². The van der Waals surface area contributed by atoms with Gasteiger partial charge in [0.05, 0.1) is 16.6 Å². The quantitative estimate of drug-likeness (QED) is 0.634. The number of nitrogens with one attached hydrogen (secondary N) is 1. The standard InChI is InChI=1S/C20H20FN3O3/c1-14-18(10-15(12-22)11-19(14)24(25)26)23-13-20(6-8-27-9-7-20)16-2-4-17(21)5-3-16/h2-5,10-11,23H,6-9,13H2,1H3. The Bertz CT molecular complexity index is 885. The van der Waals surface area contributed by atoms with Crippen molar-refractivity contribution in [1.29, 1.82) is 5.26 Å². The van der Waals surface area contributed by atoms with Gasteiger partial charge in [-0.25, -0.2) is 4.39 Å². The van der Waals surface area contributed by atoms with Crippen molar-refractivity contribution >= 4 is 11.4 Å². The maximum absolute atomic E-state index is 13.4. The molecule has 0 aliphatic carbocycles. The summed E-state index contributed by atoms with van der Waals surface area (Å²) in [7, 11) is 0. The van der Waals surface area contributed by atoms with Crippen molar-refractivity contribution in [3.05, 3.63) is 69.0 Å². The third-order valence-electron chi connectivity index (χ3n) is 5.23. The lowest BCUT2D eigenvalue weighted by atomic mass is 9.74. The number of anilines is 1. The second kappa shape index (κ2) is 7.72. The summed E-state index contributed by atoms with van der Waals surface area (Å²) in [5.74, 6) is -0.290. The second-order valence-electron chi connectivity index (χ2n) is 6.79. The highest BCUT2D eigenvalue weighted by Crippen LogP contribution is 2.36. The summed E-state index contributed by atoms with van der Waals surface area (Å²) in [5.41, 5.74) is 1.94. The van der Waals surface area contributed by atoms with Crippen LogP contribution in [0.5, 0.6) is 0 Å². The smallest absolute Gasteiger partial charge is 0.275 e. The number of nitriles is 1. The maximum atomic E-state index is 13.4. The molecule has 6 nitrogen and oxygen atoms in total. The minimum absolute atomic E-state index is 0.0839. The SMILES string of the molecule is Cc1c(NCC2(c3ccc(F)cc3)CCOCC2)cc(C#N)cc1[N+](=O)[O-]. The van der Waals surface area contributed by atoms with Crippen LogP contribution in [0.25, 0.3) is 0 Å². The normalized spacial score (nSPS) is 15.7. The Morgan fingerprint density at radius 2 is 1.96 bits per heavy atom. The molecule has 0 atom stereocenters. The second-order valence-corrected chi connectivity index (χ2v) is 6.79. The fraction of sp³-hybridized carbons (Fsp3) is 0.350. The first-order valence-corrected chi connectivity index (χ1v) is 8.72. The predicted octanol–water partition coefficient (Wildman–Crippen LogP) is 4.07. The summed E-state index contributed by atoms with van der Waals surface area (Å²) >= 11 is 0. The molecule has 0 radical (unpaired) electrons. The van der Waals surface area contributed by atoms with Crippen LogP contribution in [-0.2, 0) is 10.2 Å². The van der Waals surface area contributed by atoms with Crippen molar-refractivity contribution in [1.82, 2.24) is 0 Å². The van der Waals surface area contributed by atoms with Crippen LogP contribution >= 0.6 is 0 Å². The number of nitro benzene ring substituents is 1. The van der Waals surface area contributed by atoms with Crippen molar-refractivity contribution in [2.45, 2.75) is 25.2 Å². The number of nitro groups is 1. The Morgan fingerprint density at radius 1 is 1.30 bits per heavy atom. The lowest BCUT2D eigenvalue weighted by molar-refractivity contribution is -0.385. The highest BCUT2D eigenvalue weighted by Gasteiger charge is 2.34. The third-order valence-corrected chi connectivity index (χ3v) is 5.23. The van der Waals surface area contributed by atoms with Crippen LogP contribution in [0.3, 0.4) is 0 Å². The average Bonchev–Trinajstić information content (AvgIpc) is 2.68. The Balaban J connectivity index is 1.92. The highest BCUT2D eigenvalue weighted by molar-refractivity contribution is 5.64. The summed E-state index contributed by atoms with van der Waals surface area (Å²) in [4.78, 5) is 10.8.